The summed E-state index contributed by atoms with van der Waals surface area (Å²) < 4.78 is 2.54. The van der Waals surface area contributed by atoms with Crippen LogP contribution in [0.2, 0.25) is 0 Å². The monoisotopic (exact) mass is 327 g/mol. The van der Waals surface area contributed by atoms with Gasteiger partial charge < -0.3 is 4.57 Å². The highest BCUT2D eigenvalue weighted by Crippen LogP contribution is 2.36. The molecule has 1 heteroatoms. The van der Waals surface area contributed by atoms with Gasteiger partial charge in [0.2, 0.25) is 0 Å². The molecule has 0 fully saturated rings. The zero-order valence-electron chi connectivity index (χ0n) is 14.9. The molecule has 126 valence electrons. The van der Waals surface area contributed by atoms with Gasteiger partial charge in [0, 0.05) is 28.4 Å². The highest BCUT2D eigenvalue weighted by atomic mass is 15.0. The number of benzene rings is 3. The van der Waals surface area contributed by atoms with E-state index in [-0.39, 0.29) is 0 Å². The Bertz CT molecular complexity index is 979. The summed E-state index contributed by atoms with van der Waals surface area (Å²) in [5.74, 6) is 0. The molecule has 4 aromatic rings. The Balaban J connectivity index is 1.92. The number of para-hydroxylation sites is 2. The van der Waals surface area contributed by atoms with Gasteiger partial charge in [-0.3, -0.25) is 0 Å². The Morgan fingerprint density at radius 2 is 1.44 bits per heavy atom. The van der Waals surface area contributed by atoms with Gasteiger partial charge in [-0.15, -0.1) is 0 Å². The van der Waals surface area contributed by atoms with E-state index in [1.165, 1.54) is 58.6 Å². The van der Waals surface area contributed by atoms with Crippen molar-refractivity contribution in [3.05, 3.63) is 72.8 Å². The SMILES string of the molecule is CCCCCCn1c2ccccc2c2cccc(-c3ccccc3)c21. The minimum absolute atomic E-state index is 1.09. The van der Waals surface area contributed by atoms with Crippen LogP contribution in [0.5, 0.6) is 0 Å². The van der Waals surface area contributed by atoms with Crippen LogP contribution in [0.3, 0.4) is 0 Å². The summed E-state index contributed by atoms with van der Waals surface area (Å²) >= 11 is 0. The first-order valence-corrected chi connectivity index (χ1v) is 9.45. The van der Waals surface area contributed by atoms with Crippen LogP contribution in [0.4, 0.5) is 0 Å². The predicted octanol–water partition coefficient (Wildman–Crippen LogP) is 7.04. The fraction of sp³-hybridized carbons (Fsp3) is 0.250. The molecule has 1 aromatic heterocycles. The van der Waals surface area contributed by atoms with E-state index in [9.17, 15) is 0 Å². The maximum absolute atomic E-state index is 2.54. The van der Waals surface area contributed by atoms with Gasteiger partial charge in [-0.25, -0.2) is 0 Å². The highest BCUT2D eigenvalue weighted by Gasteiger charge is 2.14. The normalized spacial score (nSPS) is 11.4. The van der Waals surface area contributed by atoms with Gasteiger partial charge in [0.1, 0.15) is 0 Å². The summed E-state index contributed by atoms with van der Waals surface area (Å²) in [5.41, 5.74) is 5.37. The molecule has 1 nitrogen and oxygen atoms in total. The summed E-state index contributed by atoms with van der Waals surface area (Å²) in [5, 5.41) is 2.73. The van der Waals surface area contributed by atoms with E-state index in [0.717, 1.165) is 6.54 Å². The minimum atomic E-state index is 1.09. The van der Waals surface area contributed by atoms with Crippen molar-refractivity contribution < 1.29 is 0 Å². The molecule has 0 bridgehead atoms. The number of fused-ring (bicyclic) bond motifs is 3. The van der Waals surface area contributed by atoms with E-state index in [1.807, 2.05) is 0 Å². The number of hydrogen-bond donors (Lipinski definition) is 0. The Hall–Kier alpha value is -2.54. The Morgan fingerprint density at radius 3 is 2.28 bits per heavy atom. The quantitative estimate of drug-likeness (QED) is 0.335. The zero-order valence-corrected chi connectivity index (χ0v) is 14.9. The van der Waals surface area contributed by atoms with Crippen molar-refractivity contribution in [2.45, 2.75) is 39.2 Å². The van der Waals surface area contributed by atoms with Crippen LogP contribution in [0, 0.1) is 0 Å². The van der Waals surface area contributed by atoms with E-state index in [0.29, 0.717) is 0 Å². The molecule has 0 aliphatic carbocycles. The molecule has 0 unspecified atom stereocenters. The molecule has 0 amide bonds. The molecular weight excluding hydrogens is 302 g/mol. The van der Waals surface area contributed by atoms with Crippen molar-refractivity contribution in [2.75, 3.05) is 0 Å². The lowest BCUT2D eigenvalue weighted by Crippen LogP contribution is -1.99. The van der Waals surface area contributed by atoms with E-state index in [1.54, 1.807) is 0 Å². The largest absolute Gasteiger partial charge is 0.340 e. The van der Waals surface area contributed by atoms with Crippen LogP contribution < -0.4 is 0 Å². The molecule has 0 radical (unpaired) electrons. The van der Waals surface area contributed by atoms with Gasteiger partial charge in [0.15, 0.2) is 0 Å². The Morgan fingerprint density at radius 1 is 0.680 bits per heavy atom. The minimum Gasteiger partial charge on any atom is -0.340 e. The van der Waals surface area contributed by atoms with E-state index in [4.69, 9.17) is 0 Å². The van der Waals surface area contributed by atoms with Gasteiger partial charge in [-0.2, -0.15) is 0 Å². The van der Waals surface area contributed by atoms with Crippen LogP contribution in [0.15, 0.2) is 72.8 Å². The third-order valence-electron chi connectivity index (χ3n) is 5.11. The number of nitrogens with zero attached hydrogens (tertiary/aromatic N) is 1. The third kappa shape index (κ3) is 2.95. The van der Waals surface area contributed by atoms with Crippen molar-refractivity contribution in [3.63, 3.8) is 0 Å². The summed E-state index contributed by atoms with van der Waals surface area (Å²) in [7, 11) is 0. The van der Waals surface area contributed by atoms with Crippen LogP contribution in [-0.4, -0.2) is 4.57 Å². The highest BCUT2D eigenvalue weighted by molar-refractivity contribution is 6.12. The van der Waals surface area contributed by atoms with Crippen LogP contribution >= 0.6 is 0 Å². The topological polar surface area (TPSA) is 4.93 Å². The number of unbranched alkanes of at least 4 members (excludes halogenated alkanes) is 3. The maximum atomic E-state index is 2.54. The van der Waals surface area contributed by atoms with Crippen molar-refractivity contribution in [3.8, 4) is 11.1 Å². The molecule has 0 aliphatic rings. The van der Waals surface area contributed by atoms with Gasteiger partial charge in [-0.05, 0) is 18.1 Å². The Labute approximate surface area is 149 Å². The number of rotatable bonds is 6. The van der Waals surface area contributed by atoms with Gasteiger partial charge >= 0.3 is 0 Å². The standard InChI is InChI=1S/C24H25N/c1-2-3-4-10-18-25-23-17-9-8-14-21(23)22-16-11-15-20(24(22)25)19-12-6-5-7-13-19/h5-9,11-17H,2-4,10,18H2,1H3. The molecule has 3 aromatic carbocycles. The average molecular weight is 327 g/mol. The van der Waals surface area contributed by atoms with Crippen LogP contribution in [-0.2, 0) is 6.54 Å². The molecule has 0 saturated carbocycles. The lowest BCUT2D eigenvalue weighted by atomic mass is 10.0. The molecule has 1 heterocycles. The lowest BCUT2D eigenvalue weighted by Gasteiger charge is -2.11. The third-order valence-corrected chi connectivity index (χ3v) is 5.11. The van der Waals surface area contributed by atoms with Gasteiger partial charge in [0.25, 0.3) is 0 Å². The Kier molecular flexibility index (Phi) is 4.56. The smallest absolute Gasteiger partial charge is 0.0571 e. The first-order valence-electron chi connectivity index (χ1n) is 9.45. The summed E-state index contributed by atoms with van der Waals surface area (Å²) in [6, 6.07) is 26.3. The van der Waals surface area contributed by atoms with Gasteiger partial charge in [0.05, 0.1) is 5.52 Å². The molecule has 0 atom stereocenters. The first-order chi connectivity index (χ1) is 12.4. The summed E-state index contributed by atoms with van der Waals surface area (Å²) in [4.78, 5) is 0. The molecule has 0 aliphatic heterocycles. The van der Waals surface area contributed by atoms with Crippen LogP contribution in [0.1, 0.15) is 32.6 Å². The van der Waals surface area contributed by atoms with Crippen molar-refractivity contribution in [1.29, 1.82) is 0 Å². The number of aromatic nitrogens is 1. The predicted molar refractivity (Wildman–Crippen MR) is 109 cm³/mol. The second-order valence-corrected chi connectivity index (χ2v) is 6.80. The molecule has 0 saturated heterocycles. The molecule has 4 rings (SSSR count). The van der Waals surface area contributed by atoms with Crippen LogP contribution in [0.25, 0.3) is 32.9 Å². The zero-order chi connectivity index (χ0) is 17.1. The van der Waals surface area contributed by atoms with E-state index >= 15 is 0 Å². The van der Waals surface area contributed by atoms with Crippen molar-refractivity contribution >= 4 is 21.8 Å². The van der Waals surface area contributed by atoms with Crippen molar-refractivity contribution in [1.82, 2.24) is 4.57 Å². The van der Waals surface area contributed by atoms with Gasteiger partial charge in [-0.1, -0.05) is 92.9 Å². The average Bonchev–Trinajstić information content (AvgIpc) is 3.00. The maximum Gasteiger partial charge on any atom is 0.0571 e. The van der Waals surface area contributed by atoms with E-state index < -0.39 is 0 Å². The first kappa shape index (κ1) is 16.0. The second kappa shape index (κ2) is 7.14. The fourth-order valence-electron chi connectivity index (χ4n) is 3.89. The molecular formula is C24H25N. The molecule has 25 heavy (non-hydrogen) atoms. The molecule has 0 spiro atoms. The van der Waals surface area contributed by atoms with E-state index in [2.05, 4.69) is 84.3 Å². The molecule has 0 N–H and O–H groups in total. The summed E-state index contributed by atoms with van der Waals surface area (Å²) in [6.07, 6.45) is 5.15. The van der Waals surface area contributed by atoms with Crippen molar-refractivity contribution in [2.24, 2.45) is 0 Å². The number of hydrogen-bond acceptors (Lipinski definition) is 0. The fourth-order valence-corrected chi connectivity index (χ4v) is 3.89. The summed E-state index contributed by atoms with van der Waals surface area (Å²) in [6.45, 7) is 3.36. The lowest BCUT2D eigenvalue weighted by molar-refractivity contribution is 0.602. The second-order valence-electron chi connectivity index (χ2n) is 6.80. The number of aryl methyl sites for hydroxylation is 1.